The summed E-state index contributed by atoms with van der Waals surface area (Å²) in [6.07, 6.45) is 1.86. The number of pyridine rings is 1. The maximum absolute atomic E-state index is 8.60. The van der Waals surface area contributed by atoms with Gasteiger partial charge in [-0.15, -0.1) is 0 Å². The number of rotatable bonds is 3. The molecule has 0 atom stereocenters. The van der Waals surface area contributed by atoms with E-state index in [-0.39, 0.29) is 11.7 Å². The van der Waals surface area contributed by atoms with Gasteiger partial charge in [-0.05, 0) is 23.7 Å². The van der Waals surface area contributed by atoms with Gasteiger partial charge in [-0.2, -0.15) is 5.26 Å². The maximum atomic E-state index is 8.60. The molecule has 0 aliphatic rings. The van der Waals surface area contributed by atoms with Crippen molar-refractivity contribution in [2.24, 2.45) is 0 Å². The monoisotopic (exact) mass is 245 g/mol. The average molecular weight is 246 g/mol. The molecule has 0 amide bonds. The Labute approximate surface area is 103 Å². The quantitative estimate of drug-likeness (QED) is 0.840. The smallest absolute Gasteiger partial charge is 0.224 e. The predicted octanol–water partition coefficient (Wildman–Crippen LogP) is 2.33. The fraction of sp³-hybridized carbons (Fsp3) is 0.0909. The Balaban J connectivity index is 2.24. The first-order valence-electron chi connectivity index (χ1n) is 4.86. The molecule has 0 saturated carbocycles. The van der Waals surface area contributed by atoms with Crippen LogP contribution in [0.3, 0.4) is 0 Å². The molecule has 0 radical (unpaired) electrons. The van der Waals surface area contributed by atoms with Crippen molar-refractivity contribution < 1.29 is 0 Å². The van der Waals surface area contributed by atoms with Crippen molar-refractivity contribution in [3.8, 4) is 6.07 Å². The van der Waals surface area contributed by atoms with Crippen molar-refractivity contribution in [1.82, 2.24) is 15.0 Å². The van der Waals surface area contributed by atoms with Gasteiger partial charge in [-0.3, -0.25) is 0 Å². The Morgan fingerprint density at radius 3 is 2.88 bits per heavy atom. The molecule has 2 aromatic rings. The topological polar surface area (TPSA) is 74.5 Å². The number of hydrogen-bond acceptors (Lipinski definition) is 5. The van der Waals surface area contributed by atoms with E-state index >= 15 is 0 Å². The van der Waals surface area contributed by atoms with Crippen molar-refractivity contribution in [2.45, 2.75) is 6.42 Å². The molecule has 2 aromatic heterocycles. The highest BCUT2D eigenvalue weighted by molar-refractivity contribution is 6.28. The van der Waals surface area contributed by atoms with Crippen LogP contribution in [-0.2, 0) is 6.42 Å². The first-order valence-corrected chi connectivity index (χ1v) is 5.24. The highest BCUT2D eigenvalue weighted by Gasteiger charge is 2.03. The summed E-state index contributed by atoms with van der Waals surface area (Å²) in [4.78, 5) is 12.0. The molecule has 84 valence electrons. The van der Waals surface area contributed by atoms with Gasteiger partial charge in [0.1, 0.15) is 11.6 Å². The molecule has 2 rings (SSSR count). The van der Waals surface area contributed by atoms with Crippen LogP contribution in [0.15, 0.2) is 30.5 Å². The number of nitriles is 1. The third-order valence-electron chi connectivity index (χ3n) is 1.93. The van der Waals surface area contributed by atoms with Crippen LogP contribution < -0.4 is 5.32 Å². The van der Waals surface area contributed by atoms with Gasteiger partial charge in [0.2, 0.25) is 5.28 Å². The Bertz CT molecular complexity index is 550. The number of nitrogens with one attached hydrogen (secondary N) is 1. The van der Waals surface area contributed by atoms with Crippen molar-refractivity contribution in [2.75, 3.05) is 5.32 Å². The summed E-state index contributed by atoms with van der Waals surface area (Å²) in [6, 6.07) is 9.16. The summed E-state index contributed by atoms with van der Waals surface area (Å²) >= 11 is 5.76. The molecule has 1 N–H and O–H groups in total. The van der Waals surface area contributed by atoms with Gasteiger partial charge < -0.3 is 5.32 Å². The van der Waals surface area contributed by atoms with Crippen LogP contribution >= 0.6 is 11.6 Å². The molecular formula is C11H8ClN5. The number of nitrogens with zero attached hydrogens (tertiary/aromatic N) is 4. The van der Waals surface area contributed by atoms with Crippen LogP contribution in [0.4, 0.5) is 11.6 Å². The molecule has 0 bridgehead atoms. The Kier molecular flexibility index (Phi) is 3.48. The van der Waals surface area contributed by atoms with Crippen LogP contribution in [0.2, 0.25) is 5.28 Å². The second-order valence-corrected chi connectivity index (χ2v) is 3.53. The highest BCUT2D eigenvalue weighted by Crippen LogP contribution is 2.15. The second-order valence-electron chi connectivity index (χ2n) is 3.19. The minimum atomic E-state index is 0.108. The molecule has 0 aromatic carbocycles. The summed E-state index contributed by atoms with van der Waals surface area (Å²) in [7, 11) is 0. The zero-order valence-electron chi connectivity index (χ0n) is 8.76. The largest absolute Gasteiger partial charge is 0.325 e. The van der Waals surface area contributed by atoms with Gasteiger partial charge in [0.25, 0.3) is 0 Å². The molecule has 0 unspecified atom stereocenters. The second kappa shape index (κ2) is 5.23. The molecule has 0 fully saturated rings. The minimum absolute atomic E-state index is 0.108. The van der Waals surface area contributed by atoms with Crippen molar-refractivity contribution in [3.05, 3.63) is 41.4 Å². The number of hydrogen-bond donors (Lipinski definition) is 1. The van der Waals surface area contributed by atoms with Crippen molar-refractivity contribution in [3.63, 3.8) is 0 Å². The average Bonchev–Trinajstić information content (AvgIpc) is 2.30. The lowest BCUT2D eigenvalue weighted by Gasteiger charge is -2.05. The van der Waals surface area contributed by atoms with Gasteiger partial charge in [0, 0.05) is 12.3 Å². The molecule has 0 aliphatic carbocycles. The van der Waals surface area contributed by atoms with E-state index in [9.17, 15) is 0 Å². The van der Waals surface area contributed by atoms with E-state index in [1.807, 2.05) is 18.2 Å². The molecule has 5 nitrogen and oxygen atoms in total. The van der Waals surface area contributed by atoms with E-state index in [2.05, 4.69) is 20.3 Å². The normalized spacial score (nSPS) is 9.65. The summed E-state index contributed by atoms with van der Waals surface area (Å²) < 4.78 is 0. The number of halogens is 1. The zero-order valence-corrected chi connectivity index (χ0v) is 9.52. The molecule has 0 aliphatic heterocycles. The van der Waals surface area contributed by atoms with Crippen molar-refractivity contribution in [1.29, 1.82) is 5.26 Å². The third kappa shape index (κ3) is 3.13. The Morgan fingerprint density at radius 1 is 1.29 bits per heavy atom. The van der Waals surface area contributed by atoms with Gasteiger partial charge in [-0.1, -0.05) is 6.07 Å². The lowest BCUT2D eigenvalue weighted by atomic mass is 10.3. The van der Waals surface area contributed by atoms with Crippen LogP contribution in [-0.4, -0.2) is 15.0 Å². The molecule has 0 saturated heterocycles. The van der Waals surface area contributed by atoms with Crippen LogP contribution in [0.5, 0.6) is 0 Å². The first-order chi connectivity index (χ1) is 8.28. The van der Waals surface area contributed by atoms with Crippen LogP contribution in [0, 0.1) is 11.3 Å². The standard InChI is InChI=1S/C11H8ClN5/c12-11-15-8(4-5-13)7-10(17-11)16-9-3-1-2-6-14-9/h1-3,6-7H,4H2,(H,14,15,16,17). The summed E-state index contributed by atoms with van der Waals surface area (Å²) in [5.41, 5.74) is 0.575. The Hall–Kier alpha value is -2.19. The van der Waals surface area contributed by atoms with Gasteiger partial charge >= 0.3 is 0 Å². The number of aromatic nitrogens is 3. The summed E-state index contributed by atoms with van der Waals surface area (Å²) in [5, 5.41) is 11.7. The third-order valence-corrected chi connectivity index (χ3v) is 2.10. The molecule has 2 heterocycles. The SMILES string of the molecule is N#CCc1cc(Nc2ccccn2)nc(Cl)n1. The first kappa shape index (κ1) is 11.3. The van der Waals surface area contributed by atoms with E-state index in [1.54, 1.807) is 18.3 Å². The Morgan fingerprint density at radius 2 is 2.18 bits per heavy atom. The lowest BCUT2D eigenvalue weighted by molar-refractivity contribution is 1.05. The lowest BCUT2D eigenvalue weighted by Crippen LogP contribution is -1.99. The summed E-state index contributed by atoms with van der Waals surface area (Å²) in [6.45, 7) is 0. The van der Waals surface area contributed by atoms with E-state index in [0.717, 1.165) is 0 Å². The highest BCUT2D eigenvalue weighted by atomic mass is 35.5. The molecular weight excluding hydrogens is 238 g/mol. The van der Waals surface area contributed by atoms with Gasteiger partial charge in [0.05, 0.1) is 18.2 Å². The molecule has 6 heteroatoms. The van der Waals surface area contributed by atoms with E-state index in [4.69, 9.17) is 16.9 Å². The zero-order chi connectivity index (χ0) is 12.1. The molecule has 17 heavy (non-hydrogen) atoms. The minimum Gasteiger partial charge on any atom is -0.325 e. The van der Waals surface area contributed by atoms with E-state index in [1.165, 1.54) is 0 Å². The van der Waals surface area contributed by atoms with E-state index in [0.29, 0.717) is 17.3 Å². The summed E-state index contributed by atoms with van der Waals surface area (Å²) in [5.74, 6) is 1.18. The van der Waals surface area contributed by atoms with E-state index < -0.39 is 0 Å². The van der Waals surface area contributed by atoms with Crippen LogP contribution in [0.1, 0.15) is 5.69 Å². The molecule has 0 spiro atoms. The fourth-order valence-electron chi connectivity index (χ4n) is 1.27. The predicted molar refractivity (Wildman–Crippen MR) is 63.9 cm³/mol. The van der Waals surface area contributed by atoms with Crippen LogP contribution in [0.25, 0.3) is 0 Å². The van der Waals surface area contributed by atoms with Gasteiger partial charge in [0.15, 0.2) is 0 Å². The van der Waals surface area contributed by atoms with Gasteiger partial charge in [-0.25, -0.2) is 15.0 Å². The number of anilines is 2. The fourth-order valence-corrected chi connectivity index (χ4v) is 1.47. The van der Waals surface area contributed by atoms with Crippen molar-refractivity contribution >= 4 is 23.2 Å². The maximum Gasteiger partial charge on any atom is 0.224 e.